The van der Waals surface area contributed by atoms with Crippen molar-refractivity contribution in [2.75, 3.05) is 25.5 Å². The molecule has 1 amide bonds. The number of likely N-dealkylation sites (tertiary alicyclic amines) is 1. The topological polar surface area (TPSA) is 41.6 Å². The summed E-state index contributed by atoms with van der Waals surface area (Å²) in [6.45, 7) is 3.25. The Kier molecular flexibility index (Phi) is 3.98. The zero-order valence-corrected chi connectivity index (χ0v) is 10.1. The molecule has 0 saturated carbocycles. The maximum Gasteiger partial charge on any atom is 0.211 e. The standard InChI is InChI=1S/C13H18N2O2/c1-17-13-8-12(14-10-16)5-4-11(13)9-15-6-2-3-7-15/h4-5,8,10H,2-3,6-7,9H2,1H3,(H,14,16). The third-order valence-corrected chi connectivity index (χ3v) is 3.11. The molecule has 0 atom stereocenters. The summed E-state index contributed by atoms with van der Waals surface area (Å²) in [5, 5.41) is 2.63. The maximum absolute atomic E-state index is 10.4. The lowest BCUT2D eigenvalue weighted by Gasteiger charge is -2.17. The van der Waals surface area contributed by atoms with Gasteiger partial charge < -0.3 is 10.1 Å². The minimum atomic E-state index is 0.676. The van der Waals surface area contributed by atoms with Crippen LogP contribution in [-0.2, 0) is 11.3 Å². The molecule has 1 fully saturated rings. The largest absolute Gasteiger partial charge is 0.496 e. The summed E-state index contributed by atoms with van der Waals surface area (Å²) in [6.07, 6.45) is 3.25. The summed E-state index contributed by atoms with van der Waals surface area (Å²) in [5.41, 5.74) is 1.94. The van der Waals surface area contributed by atoms with Gasteiger partial charge in [0.05, 0.1) is 7.11 Å². The van der Waals surface area contributed by atoms with E-state index in [9.17, 15) is 4.79 Å². The first-order valence-electron chi connectivity index (χ1n) is 5.93. The third kappa shape index (κ3) is 2.97. The first-order valence-corrected chi connectivity index (χ1v) is 5.93. The number of ether oxygens (including phenoxy) is 1. The highest BCUT2D eigenvalue weighted by Gasteiger charge is 2.14. The van der Waals surface area contributed by atoms with Crippen LogP contribution in [0.2, 0.25) is 0 Å². The molecule has 92 valence electrons. The molecule has 1 N–H and O–H groups in total. The highest BCUT2D eigenvalue weighted by Crippen LogP contribution is 2.25. The Morgan fingerprint density at radius 3 is 2.82 bits per heavy atom. The summed E-state index contributed by atoms with van der Waals surface area (Å²) in [7, 11) is 1.66. The van der Waals surface area contributed by atoms with E-state index in [2.05, 4.69) is 10.2 Å². The molecule has 1 aliphatic rings. The molecule has 4 heteroatoms. The lowest BCUT2D eigenvalue weighted by Crippen LogP contribution is -2.18. The summed E-state index contributed by atoms with van der Waals surface area (Å²) in [4.78, 5) is 12.8. The van der Waals surface area contributed by atoms with Gasteiger partial charge in [0.1, 0.15) is 5.75 Å². The maximum atomic E-state index is 10.4. The Bertz CT molecular complexity index is 387. The number of benzene rings is 1. The van der Waals surface area contributed by atoms with Crippen molar-refractivity contribution in [1.29, 1.82) is 0 Å². The van der Waals surface area contributed by atoms with Gasteiger partial charge >= 0.3 is 0 Å². The average molecular weight is 234 g/mol. The molecule has 0 radical (unpaired) electrons. The zero-order chi connectivity index (χ0) is 12.1. The van der Waals surface area contributed by atoms with Crippen LogP contribution < -0.4 is 10.1 Å². The quantitative estimate of drug-likeness (QED) is 0.791. The number of hydrogen-bond acceptors (Lipinski definition) is 3. The van der Waals surface area contributed by atoms with Gasteiger partial charge in [0, 0.05) is 23.9 Å². The van der Waals surface area contributed by atoms with E-state index in [0.717, 1.165) is 31.1 Å². The van der Waals surface area contributed by atoms with E-state index in [4.69, 9.17) is 4.74 Å². The van der Waals surface area contributed by atoms with E-state index in [-0.39, 0.29) is 0 Å². The van der Waals surface area contributed by atoms with Crippen molar-refractivity contribution in [2.45, 2.75) is 19.4 Å². The summed E-state index contributed by atoms with van der Waals surface area (Å²) < 4.78 is 5.36. The number of nitrogens with one attached hydrogen (secondary N) is 1. The van der Waals surface area contributed by atoms with Crippen LogP contribution in [0.1, 0.15) is 18.4 Å². The number of anilines is 1. The number of amides is 1. The van der Waals surface area contributed by atoms with Gasteiger partial charge in [0.25, 0.3) is 0 Å². The number of rotatable bonds is 5. The van der Waals surface area contributed by atoms with Crippen LogP contribution in [0, 0.1) is 0 Å². The van der Waals surface area contributed by atoms with Crippen molar-refractivity contribution in [3.63, 3.8) is 0 Å². The monoisotopic (exact) mass is 234 g/mol. The van der Waals surface area contributed by atoms with Crippen LogP contribution in [0.15, 0.2) is 18.2 Å². The van der Waals surface area contributed by atoms with E-state index < -0.39 is 0 Å². The van der Waals surface area contributed by atoms with Gasteiger partial charge in [-0.2, -0.15) is 0 Å². The molecular weight excluding hydrogens is 216 g/mol. The fourth-order valence-corrected chi connectivity index (χ4v) is 2.21. The average Bonchev–Trinajstić information content (AvgIpc) is 2.84. The first kappa shape index (κ1) is 11.9. The Balaban J connectivity index is 2.12. The van der Waals surface area contributed by atoms with Crippen LogP contribution in [-0.4, -0.2) is 31.5 Å². The van der Waals surface area contributed by atoms with Crippen molar-refractivity contribution < 1.29 is 9.53 Å². The molecule has 1 aromatic carbocycles. The van der Waals surface area contributed by atoms with Gasteiger partial charge in [-0.25, -0.2) is 0 Å². The van der Waals surface area contributed by atoms with Crippen molar-refractivity contribution >= 4 is 12.1 Å². The fraction of sp³-hybridized carbons (Fsp3) is 0.462. The highest BCUT2D eigenvalue weighted by atomic mass is 16.5. The van der Waals surface area contributed by atoms with Crippen LogP contribution in [0.4, 0.5) is 5.69 Å². The Morgan fingerprint density at radius 1 is 1.41 bits per heavy atom. The Labute approximate surface area is 102 Å². The molecule has 1 saturated heterocycles. The molecule has 4 nitrogen and oxygen atoms in total. The number of nitrogens with zero attached hydrogens (tertiary/aromatic N) is 1. The van der Waals surface area contributed by atoms with Crippen LogP contribution in [0.5, 0.6) is 5.75 Å². The molecule has 1 aliphatic heterocycles. The smallest absolute Gasteiger partial charge is 0.211 e. The van der Waals surface area contributed by atoms with Crippen molar-refractivity contribution in [3.8, 4) is 5.75 Å². The molecule has 0 unspecified atom stereocenters. The predicted octanol–water partition coefficient (Wildman–Crippen LogP) is 1.86. The van der Waals surface area contributed by atoms with Gasteiger partial charge in [-0.05, 0) is 32.0 Å². The summed E-state index contributed by atoms with van der Waals surface area (Å²) in [5.74, 6) is 0.837. The van der Waals surface area contributed by atoms with Crippen LogP contribution in [0.3, 0.4) is 0 Å². The molecule has 0 spiro atoms. The summed E-state index contributed by atoms with van der Waals surface area (Å²) >= 11 is 0. The molecule has 0 bridgehead atoms. The van der Waals surface area contributed by atoms with E-state index in [1.54, 1.807) is 7.11 Å². The third-order valence-electron chi connectivity index (χ3n) is 3.11. The molecule has 0 aliphatic carbocycles. The van der Waals surface area contributed by atoms with Crippen LogP contribution >= 0.6 is 0 Å². The predicted molar refractivity (Wildman–Crippen MR) is 67.2 cm³/mol. The minimum absolute atomic E-state index is 0.676. The summed E-state index contributed by atoms with van der Waals surface area (Å²) in [6, 6.07) is 5.78. The molecule has 1 aromatic rings. The lowest BCUT2D eigenvalue weighted by molar-refractivity contribution is -0.105. The number of carbonyl (C=O) groups is 1. The van der Waals surface area contributed by atoms with E-state index >= 15 is 0 Å². The van der Waals surface area contributed by atoms with Crippen molar-refractivity contribution in [2.24, 2.45) is 0 Å². The normalized spacial score (nSPS) is 15.8. The van der Waals surface area contributed by atoms with Gasteiger partial charge in [0.15, 0.2) is 0 Å². The zero-order valence-electron chi connectivity index (χ0n) is 10.1. The Morgan fingerprint density at radius 2 is 2.18 bits per heavy atom. The number of carbonyl (C=O) groups excluding carboxylic acids is 1. The molecular formula is C13H18N2O2. The Hall–Kier alpha value is -1.55. The second-order valence-electron chi connectivity index (χ2n) is 4.27. The van der Waals surface area contributed by atoms with E-state index in [0.29, 0.717) is 6.41 Å². The SMILES string of the molecule is COc1cc(NC=O)ccc1CN1CCCC1. The fourth-order valence-electron chi connectivity index (χ4n) is 2.21. The van der Waals surface area contributed by atoms with Crippen molar-refractivity contribution in [1.82, 2.24) is 4.90 Å². The minimum Gasteiger partial charge on any atom is -0.496 e. The van der Waals surface area contributed by atoms with Crippen LogP contribution in [0.25, 0.3) is 0 Å². The number of hydrogen-bond donors (Lipinski definition) is 1. The van der Waals surface area contributed by atoms with Gasteiger partial charge in [-0.3, -0.25) is 9.69 Å². The van der Waals surface area contributed by atoms with E-state index in [1.807, 2.05) is 18.2 Å². The van der Waals surface area contributed by atoms with Gasteiger partial charge in [0.2, 0.25) is 6.41 Å². The van der Waals surface area contributed by atoms with Gasteiger partial charge in [-0.15, -0.1) is 0 Å². The molecule has 1 heterocycles. The number of methoxy groups -OCH3 is 1. The molecule has 0 aromatic heterocycles. The van der Waals surface area contributed by atoms with Crippen molar-refractivity contribution in [3.05, 3.63) is 23.8 Å². The first-order chi connectivity index (χ1) is 8.33. The lowest BCUT2D eigenvalue weighted by atomic mass is 10.1. The van der Waals surface area contributed by atoms with Gasteiger partial charge in [-0.1, -0.05) is 6.07 Å². The molecule has 17 heavy (non-hydrogen) atoms. The van der Waals surface area contributed by atoms with E-state index in [1.165, 1.54) is 18.4 Å². The second kappa shape index (κ2) is 5.68. The highest BCUT2D eigenvalue weighted by molar-refractivity contribution is 5.72. The second-order valence-corrected chi connectivity index (χ2v) is 4.27. The molecule has 2 rings (SSSR count).